The number of hydrogen-bond donors (Lipinski definition) is 0. The minimum Gasteiger partial charge on any atom is -0.497 e. The lowest BCUT2D eigenvalue weighted by Crippen LogP contribution is -2.50. The summed E-state index contributed by atoms with van der Waals surface area (Å²) in [6, 6.07) is 9.56. The summed E-state index contributed by atoms with van der Waals surface area (Å²) in [5.41, 5.74) is 0.921. The van der Waals surface area contributed by atoms with E-state index in [0.29, 0.717) is 12.8 Å². The second-order valence-electron chi connectivity index (χ2n) is 7.47. The molecule has 0 aliphatic heterocycles. The molecule has 1 aromatic carbocycles. The van der Waals surface area contributed by atoms with Gasteiger partial charge in [-0.1, -0.05) is 31.4 Å². The van der Waals surface area contributed by atoms with Gasteiger partial charge in [-0.2, -0.15) is 0 Å². The van der Waals surface area contributed by atoms with E-state index in [4.69, 9.17) is 14.2 Å². The van der Waals surface area contributed by atoms with Gasteiger partial charge in [0.25, 0.3) is 0 Å². The Morgan fingerprint density at radius 1 is 0.867 bits per heavy atom. The Morgan fingerprint density at radius 3 is 2.00 bits per heavy atom. The SMILES string of the molecule is COC(=O)C(C(=O)OC)C(=O)C1(n2ccc(-c3ccc(OC)cc3)c2)CCCCC1. The van der Waals surface area contributed by atoms with Crippen molar-refractivity contribution < 1.29 is 28.6 Å². The van der Waals surface area contributed by atoms with Crippen LogP contribution in [0.25, 0.3) is 11.1 Å². The lowest BCUT2D eigenvalue weighted by Gasteiger charge is -2.38. The van der Waals surface area contributed by atoms with E-state index in [2.05, 4.69) is 0 Å². The van der Waals surface area contributed by atoms with Crippen molar-refractivity contribution in [3.8, 4) is 16.9 Å². The molecule has 1 heterocycles. The van der Waals surface area contributed by atoms with Crippen molar-refractivity contribution >= 4 is 17.7 Å². The van der Waals surface area contributed by atoms with Gasteiger partial charge in [-0.15, -0.1) is 0 Å². The normalized spacial score (nSPS) is 15.5. The standard InChI is InChI=1S/C23H27NO6/c1-28-18-9-7-16(8-10-18)17-11-14-24(15-17)23(12-5-4-6-13-23)20(25)19(21(26)29-2)22(27)30-3/h7-11,14-15,19H,4-6,12-13H2,1-3H3. The second kappa shape index (κ2) is 9.15. The smallest absolute Gasteiger partial charge is 0.327 e. The molecule has 0 bridgehead atoms. The molecular formula is C23H27NO6. The van der Waals surface area contributed by atoms with Crippen molar-refractivity contribution in [2.24, 2.45) is 5.92 Å². The highest BCUT2D eigenvalue weighted by atomic mass is 16.5. The quantitative estimate of drug-likeness (QED) is 0.511. The summed E-state index contributed by atoms with van der Waals surface area (Å²) in [7, 11) is 3.94. The van der Waals surface area contributed by atoms with Crippen LogP contribution < -0.4 is 4.74 Å². The van der Waals surface area contributed by atoms with E-state index in [0.717, 1.165) is 50.4 Å². The maximum Gasteiger partial charge on any atom is 0.327 e. The van der Waals surface area contributed by atoms with E-state index < -0.39 is 29.2 Å². The summed E-state index contributed by atoms with van der Waals surface area (Å²) < 4.78 is 16.5. The highest BCUT2D eigenvalue weighted by Crippen LogP contribution is 2.39. The van der Waals surface area contributed by atoms with Crippen molar-refractivity contribution in [2.75, 3.05) is 21.3 Å². The Labute approximate surface area is 175 Å². The van der Waals surface area contributed by atoms with Crippen LogP contribution in [0.4, 0.5) is 0 Å². The number of esters is 2. The molecule has 2 aromatic rings. The highest BCUT2D eigenvalue weighted by molar-refractivity contribution is 6.17. The zero-order valence-electron chi connectivity index (χ0n) is 17.6. The number of Topliss-reactive ketones (excluding diaryl/α,β-unsaturated/α-hetero) is 1. The fraction of sp³-hybridized carbons (Fsp3) is 0.435. The third-order valence-electron chi connectivity index (χ3n) is 5.89. The van der Waals surface area contributed by atoms with E-state index >= 15 is 0 Å². The van der Waals surface area contributed by atoms with Crippen LogP contribution in [0.15, 0.2) is 42.7 Å². The first-order valence-electron chi connectivity index (χ1n) is 9.99. The molecule has 0 N–H and O–H groups in total. The van der Waals surface area contributed by atoms with Crippen molar-refractivity contribution in [1.82, 2.24) is 4.57 Å². The summed E-state index contributed by atoms with van der Waals surface area (Å²) in [4.78, 5) is 38.2. The Kier molecular flexibility index (Phi) is 6.59. The number of rotatable bonds is 7. The molecule has 3 rings (SSSR count). The van der Waals surface area contributed by atoms with Crippen LogP contribution in [0, 0.1) is 5.92 Å². The van der Waals surface area contributed by atoms with Crippen molar-refractivity contribution in [3.05, 3.63) is 42.7 Å². The van der Waals surface area contributed by atoms with Crippen LogP contribution in [0.2, 0.25) is 0 Å². The van der Waals surface area contributed by atoms with Gasteiger partial charge >= 0.3 is 11.9 Å². The Bertz CT molecular complexity index is 892. The third-order valence-corrected chi connectivity index (χ3v) is 5.89. The lowest BCUT2D eigenvalue weighted by atomic mass is 9.74. The van der Waals surface area contributed by atoms with E-state index in [-0.39, 0.29) is 0 Å². The van der Waals surface area contributed by atoms with E-state index in [1.807, 2.05) is 47.3 Å². The fourth-order valence-corrected chi connectivity index (χ4v) is 4.20. The zero-order valence-corrected chi connectivity index (χ0v) is 17.6. The molecule has 1 aliphatic carbocycles. The lowest BCUT2D eigenvalue weighted by molar-refractivity contribution is -0.164. The molecule has 1 aromatic heterocycles. The summed E-state index contributed by atoms with van der Waals surface area (Å²) >= 11 is 0. The Morgan fingerprint density at radius 2 is 1.47 bits per heavy atom. The average Bonchev–Trinajstić information content (AvgIpc) is 3.30. The second-order valence-corrected chi connectivity index (χ2v) is 7.47. The first-order chi connectivity index (χ1) is 14.5. The number of nitrogens with zero attached hydrogens (tertiary/aromatic N) is 1. The zero-order chi connectivity index (χ0) is 21.7. The molecular weight excluding hydrogens is 386 g/mol. The molecule has 0 spiro atoms. The van der Waals surface area contributed by atoms with Gasteiger partial charge in [-0.3, -0.25) is 14.4 Å². The molecule has 0 unspecified atom stereocenters. The van der Waals surface area contributed by atoms with Crippen LogP contribution in [0.5, 0.6) is 5.75 Å². The van der Waals surface area contributed by atoms with Crippen LogP contribution in [0.3, 0.4) is 0 Å². The first-order valence-corrected chi connectivity index (χ1v) is 9.99. The van der Waals surface area contributed by atoms with E-state index in [9.17, 15) is 14.4 Å². The minimum atomic E-state index is -1.59. The van der Waals surface area contributed by atoms with Gasteiger partial charge in [0.1, 0.15) is 11.3 Å². The fourth-order valence-electron chi connectivity index (χ4n) is 4.20. The van der Waals surface area contributed by atoms with Crippen molar-refractivity contribution in [1.29, 1.82) is 0 Å². The topological polar surface area (TPSA) is 83.8 Å². The van der Waals surface area contributed by atoms with Crippen LogP contribution in [-0.4, -0.2) is 43.6 Å². The minimum absolute atomic E-state index is 0.474. The monoisotopic (exact) mass is 413 g/mol. The predicted molar refractivity (Wildman–Crippen MR) is 110 cm³/mol. The van der Waals surface area contributed by atoms with E-state index in [1.54, 1.807) is 7.11 Å². The van der Waals surface area contributed by atoms with Crippen LogP contribution >= 0.6 is 0 Å². The summed E-state index contributed by atoms with van der Waals surface area (Å²) in [6.07, 6.45) is 7.50. The maximum absolute atomic E-state index is 13.6. The Balaban J connectivity index is 2.01. The van der Waals surface area contributed by atoms with E-state index in [1.165, 1.54) is 0 Å². The number of aromatic nitrogens is 1. The molecule has 0 saturated heterocycles. The summed E-state index contributed by atoms with van der Waals surface area (Å²) in [5, 5.41) is 0. The summed E-state index contributed by atoms with van der Waals surface area (Å²) in [6.45, 7) is 0. The van der Waals surface area contributed by atoms with Gasteiger partial charge < -0.3 is 18.8 Å². The van der Waals surface area contributed by atoms with Crippen LogP contribution in [-0.2, 0) is 29.4 Å². The molecule has 1 saturated carbocycles. The molecule has 30 heavy (non-hydrogen) atoms. The highest BCUT2D eigenvalue weighted by Gasteiger charge is 2.50. The predicted octanol–water partition coefficient (Wildman–Crippen LogP) is 3.35. The number of carbonyl (C=O) groups excluding carboxylic acids is 3. The Hall–Kier alpha value is -3.09. The van der Waals surface area contributed by atoms with Gasteiger partial charge in [0.05, 0.1) is 21.3 Å². The van der Waals surface area contributed by atoms with Gasteiger partial charge in [0, 0.05) is 12.4 Å². The largest absolute Gasteiger partial charge is 0.497 e. The van der Waals surface area contributed by atoms with Gasteiger partial charge in [-0.05, 0) is 42.2 Å². The van der Waals surface area contributed by atoms with Gasteiger partial charge in [0.15, 0.2) is 5.78 Å². The van der Waals surface area contributed by atoms with Gasteiger partial charge in [-0.25, -0.2) is 0 Å². The number of methoxy groups -OCH3 is 3. The van der Waals surface area contributed by atoms with Crippen molar-refractivity contribution in [2.45, 2.75) is 37.6 Å². The number of hydrogen-bond acceptors (Lipinski definition) is 6. The molecule has 1 fully saturated rings. The molecule has 0 atom stereocenters. The average molecular weight is 413 g/mol. The molecule has 0 amide bonds. The van der Waals surface area contributed by atoms with Gasteiger partial charge in [0.2, 0.25) is 5.92 Å². The number of benzene rings is 1. The number of ether oxygens (including phenoxy) is 3. The number of carbonyl (C=O) groups is 3. The molecule has 0 radical (unpaired) electrons. The molecule has 7 heteroatoms. The van der Waals surface area contributed by atoms with Crippen molar-refractivity contribution in [3.63, 3.8) is 0 Å². The molecule has 160 valence electrons. The molecule has 7 nitrogen and oxygen atoms in total. The maximum atomic E-state index is 13.6. The third kappa shape index (κ3) is 3.97. The first kappa shape index (κ1) is 21.6. The van der Waals surface area contributed by atoms with Crippen LogP contribution in [0.1, 0.15) is 32.1 Å². The summed E-state index contributed by atoms with van der Waals surface area (Å²) in [5.74, 6) is -3.09. The molecule has 1 aliphatic rings. The number of ketones is 1.